The maximum atomic E-state index is 9.95. The summed E-state index contributed by atoms with van der Waals surface area (Å²) in [5.41, 5.74) is 8.72. The Morgan fingerprint density at radius 2 is 2.18 bits per heavy atom. The molecule has 2 rings (SSSR count). The molecule has 0 amide bonds. The highest BCUT2D eigenvalue weighted by molar-refractivity contribution is 6.32. The molecule has 0 saturated carbocycles. The molecule has 94 valence electrons. The summed E-state index contributed by atoms with van der Waals surface area (Å²) >= 11 is 6.13. The van der Waals surface area contributed by atoms with E-state index in [0.717, 1.165) is 34.9 Å². The first kappa shape index (κ1) is 12.5. The van der Waals surface area contributed by atoms with Gasteiger partial charge in [-0.1, -0.05) is 18.5 Å². The van der Waals surface area contributed by atoms with E-state index in [0.29, 0.717) is 12.5 Å². The first-order valence-corrected chi connectivity index (χ1v) is 6.36. The van der Waals surface area contributed by atoms with Crippen LogP contribution in [0, 0.1) is 12.8 Å². The van der Waals surface area contributed by atoms with Crippen molar-refractivity contribution in [3.05, 3.63) is 22.7 Å². The number of nitrogen functional groups attached to an aromatic ring is 1. The number of benzene rings is 1. The van der Waals surface area contributed by atoms with E-state index in [2.05, 4.69) is 11.8 Å². The Morgan fingerprint density at radius 3 is 2.82 bits per heavy atom. The number of hydrogen-bond donors (Lipinski definition) is 2. The second-order valence-corrected chi connectivity index (χ2v) is 5.30. The summed E-state index contributed by atoms with van der Waals surface area (Å²) in [4.78, 5) is 2.14. The van der Waals surface area contributed by atoms with Crippen LogP contribution in [-0.2, 0) is 0 Å². The smallest absolute Gasteiger partial charge is 0.0741 e. The van der Waals surface area contributed by atoms with Gasteiger partial charge in [-0.05, 0) is 37.0 Å². The second kappa shape index (κ2) is 4.75. The van der Waals surface area contributed by atoms with Gasteiger partial charge in [0.25, 0.3) is 0 Å². The Morgan fingerprint density at radius 1 is 1.47 bits per heavy atom. The SMILES string of the molecule is Cc1c(Cl)ccc(N)c1N1CCC(C)C(O)C1. The quantitative estimate of drug-likeness (QED) is 0.757. The predicted octanol–water partition coefficient (Wildman–Crippen LogP) is 2.44. The number of hydrogen-bond acceptors (Lipinski definition) is 3. The minimum Gasteiger partial charge on any atom is -0.397 e. The van der Waals surface area contributed by atoms with Gasteiger partial charge in [0.15, 0.2) is 0 Å². The van der Waals surface area contributed by atoms with E-state index >= 15 is 0 Å². The molecule has 1 saturated heterocycles. The zero-order chi connectivity index (χ0) is 12.6. The maximum absolute atomic E-state index is 9.95. The summed E-state index contributed by atoms with van der Waals surface area (Å²) in [5, 5.41) is 10.7. The third-order valence-corrected chi connectivity index (χ3v) is 4.04. The number of aliphatic hydroxyl groups is 1. The predicted molar refractivity (Wildman–Crippen MR) is 72.6 cm³/mol. The third-order valence-electron chi connectivity index (χ3n) is 3.63. The number of aliphatic hydroxyl groups excluding tert-OH is 1. The van der Waals surface area contributed by atoms with E-state index in [9.17, 15) is 5.11 Å². The summed E-state index contributed by atoms with van der Waals surface area (Å²) in [6, 6.07) is 3.65. The zero-order valence-corrected chi connectivity index (χ0v) is 11.0. The van der Waals surface area contributed by atoms with E-state index in [-0.39, 0.29) is 6.10 Å². The second-order valence-electron chi connectivity index (χ2n) is 4.89. The van der Waals surface area contributed by atoms with Gasteiger partial charge < -0.3 is 15.7 Å². The monoisotopic (exact) mass is 254 g/mol. The number of nitrogens with zero attached hydrogens (tertiary/aromatic N) is 1. The molecular weight excluding hydrogens is 236 g/mol. The average Bonchev–Trinajstić information content (AvgIpc) is 2.29. The van der Waals surface area contributed by atoms with Crippen molar-refractivity contribution in [2.75, 3.05) is 23.7 Å². The number of piperidine rings is 1. The number of rotatable bonds is 1. The van der Waals surface area contributed by atoms with Crippen molar-refractivity contribution in [3.8, 4) is 0 Å². The van der Waals surface area contributed by atoms with E-state index in [1.807, 2.05) is 19.1 Å². The maximum Gasteiger partial charge on any atom is 0.0741 e. The lowest BCUT2D eigenvalue weighted by atomic mass is 9.95. The lowest BCUT2D eigenvalue weighted by Crippen LogP contribution is -2.43. The number of nitrogens with two attached hydrogens (primary N) is 1. The minimum atomic E-state index is -0.290. The molecule has 1 aliphatic heterocycles. The summed E-state index contributed by atoms with van der Waals surface area (Å²) in [7, 11) is 0. The fourth-order valence-corrected chi connectivity index (χ4v) is 2.52. The Balaban J connectivity index is 2.31. The Labute approximate surface area is 107 Å². The van der Waals surface area contributed by atoms with Gasteiger partial charge in [0.05, 0.1) is 17.5 Å². The van der Waals surface area contributed by atoms with Gasteiger partial charge >= 0.3 is 0 Å². The molecule has 3 N–H and O–H groups in total. The molecule has 1 aliphatic rings. The van der Waals surface area contributed by atoms with Crippen LogP contribution in [0.1, 0.15) is 18.9 Å². The lowest BCUT2D eigenvalue weighted by molar-refractivity contribution is 0.103. The molecule has 2 unspecified atom stereocenters. The summed E-state index contributed by atoms with van der Waals surface area (Å²) < 4.78 is 0. The fraction of sp³-hybridized carbons (Fsp3) is 0.538. The summed E-state index contributed by atoms with van der Waals surface area (Å²) in [5.74, 6) is 0.354. The molecular formula is C13H19ClN2O. The molecule has 1 heterocycles. The highest BCUT2D eigenvalue weighted by atomic mass is 35.5. The normalized spacial score (nSPS) is 25.1. The molecule has 1 fully saturated rings. The van der Waals surface area contributed by atoms with Crippen LogP contribution >= 0.6 is 11.6 Å². The highest BCUT2D eigenvalue weighted by Gasteiger charge is 2.26. The molecule has 0 radical (unpaired) electrons. The van der Waals surface area contributed by atoms with Crippen LogP contribution < -0.4 is 10.6 Å². The molecule has 3 nitrogen and oxygen atoms in total. The molecule has 1 aromatic carbocycles. The van der Waals surface area contributed by atoms with Gasteiger partial charge in [-0.15, -0.1) is 0 Å². The number of halogens is 1. The van der Waals surface area contributed by atoms with Crippen LogP contribution in [0.2, 0.25) is 5.02 Å². The van der Waals surface area contributed by atoms with Gasteiger partial charge in [0.2, 0.25) is 0 Å². The first-order chi connectivity index (χ1) is 8.00. The van der Waals surface area contributed by atoms with E-state index in [1.54, 1.807) is 0 Å². The van der Waals surface area contributed by atoms with Crippen LogP contribution in [0.4, 0.5) is 11.4 Å². The van der Waals surface area contributed by atoms with Crippen LogP contribution in [-0.4, -0.2) is 24.3 Å². The van der Waals surface area contributed by atoms with E-state index in [4.69, 9.17) is 17.3 Å². The largest absolute Gasteiger partial charge is 0.397 e. The van der Waals surface area contributed by atoms with E-state index < -0.39 is 0 Å². The molecule has 0 bridgehead atoms. The third kappa shape index (κ3) is 2.35. The molecule has 4 heteroatoms. The van der Waals surface area contributed by atoms with Gasteiger partial charge in [0.1, 0.15) is 0 Å². The average molecular weight is 255 g/mol. The van der Waals surface area contributed by atoms with Gasteiger partial charge in [-0.25, -0.2) is 0 Å². The van der Waals surface area contributed by atoms with Crippen molar-refractivity contribution in [1.82, 2.24) is 0 Å². The molecule has 2 atom stereocenters. The van der Waals surface area contributed by atoms with Crippen molar-refractivity contribution in [1.29, 1.82) is 0 Å². The number of anilines is 2. The molecule has 1 aromatic rings. The van der Waals surface area contributed by atoms with Crippen LogP contribution in [0.25, 0.3) is 0 Å². The van der Waals surface area contributed by atoms with Crippen molar-refractivity contribution >= 4 is 23.0 Å². The van der Waals surface area contributed by atoms with Crippen LogP contribution in [0.5, 0.6) is 0 Å². The molecule has 0 spiro atoms. The Kier molecular flexibility index (Phi) is 3.50. The molecule has 0 aromatic heterocycles. The van der Waals surface area contributed by atoms with Crippen molar-refractivity contribution in [2.24, 2.45) is 5.92 Å². The standard InChI is InChI=1S/C13H19ClN2O/c1-8-5-6-16(7-12(8)17)13-9(2)10(14)3-4-11(13)15/h3-4,8,12,17H,5-7,15H2,1-2H3. The summed E-state index contributed by atoms with van der Waals surface area (Å²) in [6.07, 6.45) is 0.688. The van der Waals surface area contributed by atoms with E-state index in [1.165, 1.54) is 0 Å². The molecule has 0 aliphatic carbocycles. The van der Waals surface area contributed by atoms with Gasteiger partial charge in [-0.2, -0.15) is 0 Å². The first-order valence-electron chi connectivity index (χ1n) is 5.98. The summed E-state index contributed by atoms with van der Waals surface area (Å²) in [6.45, 7) is 5.60. The highest BCUT2D eigenvalue weighted by Crippen LogP contribution is 2.34. The van der Waals surface area contributed by atoms with Gasteiger partial charge in [0, 0.05) is 18.1 Å². The zero-order valence-electron chi connectivity index (χ0n) is 10.3. The lowest BCUT2D eigenvalue weighted by Gasteiger charge is -2.37. The van der Waals surface area contributed by atoms with Crippen LogP contribution in [0.3, 0.4) is 0 Å². The van der Waals surface area contributed by atoms with Crippen molar-refractivity contribution in [3.63, 3.8) is 0 Å². The van der Waals surface area contributed by atoms with Crippen molar-refractivity contribution < 1.29 is 5.11 Å². The minimum absolute atomic E-state index is 0.290. The topological polar surface area (TPSA) is 49.5 Å². The van der Waals surface area contributed by atoms with Crippen molar-refractivity contribution in [2.45, 2.75) is 26.4 Å². The number of β-amino-alcohol motifs (C(OH)–C–C–N with tert-alkyl or cyclic N) is 1. The van der Waals surface area contributed by atoms with Gasteiger partial charge in [-0.3, -0.25) is 0 Å². The van der Waals surface area contributed by atoms with Crippen LogP contribution in [0.15, 0.2) is 12.1 Å². The Hall–Kier alpha value is -0.930. The Bertz CT molecular complexity index is 422. The molecule has 17 heavy (non-hydrogen) atoms. The fourth-order valence-electron chi connectivity index (χ4n) is 2.37.